The lowest BCUT2D eigenvalue weighted by atomic mass is 10.2. The second-order valence-corrected chi connectivity index (χ2v) is 7.66. The Kier molecular flexibility index (Phi) is 7.92. The Labute approximate surface area is 182 Å². The summed E-state index contributed by atoms with van der Waals surface area (Å²) in [4.78, 5) is 36.1. The molecule has 0 bridgehead atoms. The van der Waals surface area contributed by atoms with Gasteiger partial charge in [0.1, 0.15) is 0 Å². The van der Waals surface area contributed by atoms with E-state index in [0.29, 0.717) is 27.7 Å². The van der Waals surface area contributed by atoms with Crippen LogP contribution in [0.25, 0.3) is 0 Å². The second-order valence-electron chi connectivity index (χ2n) is 6.34. The van der Waals surface area contributed by atoms with Crippen molar-refractivity contribution in [2.45, 2.75) is 27.2 Å². The van der Waals surface area contributed by atoms with E-state index in [9.17, 15) is 14.4 Å². The first-order valence-corrected chi connectivity index (χ1v) is 9.80. The number of halogens is 2. The zero-order valence-electron chi connectivity index (χ0n) is 16.1. The van der Waals surface area contributed by atoms with Gasteiger partial charge in [-0.05, 0) is 62.2 Å². The first-order valence-electron chi connectivity index (χ1n) is 8.63. The Morgan fingerprint density at radius 2 is 1.76 bits per heavy atom. The number of carbonyl (C=O) groups is 3. The van der Waals surface area contributed by atoms with E-state index in [1.165, 1.54) is 0 Å². The van der Waals surface area contributed by atoms with Crippen LogP contribution < -0.4 is 16.1 Å². The fourth-order valence-corrected chi connectivity index (χ4v) is 3.00. The Morgan fingerprint density at radius 1 is 1.03 bits per heavy atom. The normalized spacial score (nSPS) is 11.0. The maximum Gasteiger partial charge on any atom is 0.329 e. The number of aryl methyl sites for hydroxylation is 1. The summed E-state index contributed by atoms with van der Waals surface area (Å²) in [5.74, 6) is -2.13. The summed E-state index contributed by atoms with van der Waals surface area (Å²) in [6, 6.07) is 10.5. The van der Waals surface area contributed by atoms with Crippen molar-refractivity contribution in [3.63, 3.8) is 0 Å². The van der Waals surface area contributed by atoms with E-state index >= 15 is 0 Å². The van der Waals surface area contributed by atoms with Crippen molar-refractivity contribution in [1.82, 2.24) is 5.43 Å². The zero-order chi connectivity index (χ0) is 21.6. The highest BCUT2D eigenvalue weighted by Crippen LogP contribution is 2.23. The monoisotopic (exact) mass is 478 g/mol. The molecule has 0 fully saturated rings. The second kappa shape index (κ2) is 10.2. The zero-order valence-corrected chi connectivity index (χ0v) is 18.4. The van der Waals surface area contributed by atoms with Crippen LogP contribution in [0.2, 0.25) is 5.02 Å². The Morgan fingerprint density at radius 3 is 2.45 bits per heavy atom. The van der Waals surface area contributed by atoms with Crippen molar-refractivity contribution in [2.75, 3.05) is 10.6 Å². The minimum absolute atomic E-state index is 0.0369. The largest absolute Gasteiger partial charge is 0.329 e. The van der Waals surface area contributed by atoms with Gasteiger partial charge in [0.25, 0.3) is 0 Å². The van der Waals surface area contributed by atoms with Crippen LogP contribution in [-0.2, 0) is 14.4 Å². The third-order valence-electron chi connectivity index (χ3n) is 3.95. The summed E-state index contributed by atoms with van der Waals surface area (Å²) in [5.41, 5.74) is 5.16. The summed E-state index contributed by atoms with van der Waals surface area (Å²) < 4.78 is 0.916. The first kappa shape index (κ1) is 22.6. The Balaban J connectivity index is 1.89. The number of amides is 3. The van der Waals surface area contributed by atoms with E-state index in [-0.39, 0.29) is 12.3 Å². The van der Waals surface area contributed by atoms with E-state index in [1.807, 2.05) is 19.1 Å². The van der Waals surface area contributed by atoms with E-state index < -0.39 is 11.8 Å². The van der Waals surface area contributed by atoms with Gasteiger partial charge in [-0.1, -0.05) is 33.6 Å². The van der Waals surface area contributed by atoms with Crippen LogP contribution in [0.3, 0.4) is 0 Å². The lowest BCUT2D eigenvalue weighted by Crippen LogP contribution is -2.33. The number of benzene rings is 2. The van der Waals surface area contributed by atoms with Gasteiger partial charge in [-0.2, -0.15) is 5.10 Å². The molecule has 0 saturated carbocycles. The standard InChI is InChI=1S/C20H20BrClN4O3/c1-11-9-14(21)7-8-16(11)23-18(27)10-12(2)25-26-20(29)19(28)24-17-6-4-5-15(22)13(17)3/h4-9H,10H2,1-3H3,(H,23,27)(H,24,28)(H,26,29). The van der Waals surface area contributed by atoms with Crippen LogP contribution in [0, 0.1) is 13.8 Å². The number of hydrogen-bond donors (Lipinski definition) is 3. The average molecular weight is 480 g/mol. The van der Waals surface area contributed by atoms with E-state index in [1.54, 1.807) is 38.1 Å². The van der Waals surface area contributed by atoms with Crippen molar-refractivity contribution >= 4 is 62.3 Å². The minimum Gasteiger partial charge on any atom is -0.326 e. The number of rotatable bonds is 5. The molecule has 0 heterocycles. The fraction of sp³-hybridized carbons (Fsp3) is 0.200. The lowest BCUT2D eigenvalue weighted by Gasteiger charge is -2.09. The van der Waals surface area contributed by atoms with Gasteiger partial charge < -0.3 is 10.6 Å². The molecule has 2 rings (SSSR count). The number of anilines is 2. The third-order valence-corrected chi connectivity index (χ3v) is 4.85. The van der Waals surface area contributed by atoms with Gasteiger partial charge in [-0.15, -0.1) is 0 Å². The number of nitrogens with zero attached hydrogens (tertiary/aromatic N) is 1. The topological polar surface area (TPSA) is 99.7 Å². The molecule has 152 valence electrons. The van der Waals surface area contributed by atoms with Crippen molar-refractivity contribution < 1.29 is 14.4 Å². The Bertz CT molecular complexity index is 992. The maximum absolute atomic E-state index is 12.1. The molecule has 0 unspecified atom stereocenters. The van der Waals surface area contributed by atoms with Crippen LogP contribution in [-0.4, -0.2) is 23.4 Å². The van der Waals surface area contributed by atoms with Crippen LogP contribution in [0.15, 0.2) is 46.0 Å². The average Bonchev–Trinajstić information content (AvgIpc) is 2.65. The summed E-state index contributed by atoms with van der Waals surface area (Å²) in [6.07, 6.45) is -0.0369. The van der Waals surface area contributed by atoms with Gasteiger partial charge in [0.15, 0.2) is 0 Å². The van der Waals surface area contributed by atoms with Crippen LogP contribution in [0.5, 0.6) is 0 Å². The van der Waals surface area contributed by atoms with Gasteiger partial charge in [-0.25, -0.2) is 5.43 Å². The van der Waals surface area contributed by atoms with Gasteiger partial charge in [0, 0.05) is 26.6 Å². The van der Waals surface area contributed by atoms with Crippen LogP contribution in [0.1, 0.15) is 24.5 Å². The smallest absolute Gasteiger partial charge is 0.326 e. The molecular formula is C20H20BrClN4O3. The van der Waals surface area contributed by atoms with Crippen LogP contribution in [0.4, 0.5) is 11.4 Å². The van der Waals surface area contributed by atoms with Crippen molar-refractivity contribution in [2.24, 2.45) is 5.10 Å². The van der Waals surface area contributed by atoms with Crippen molar-refractivity contribution in [3.05, 3.63) is 57.0 Å². The van der Waals surface area contributed by atoms with Crippen molar-refractivity contribution in [3.8, 4) is 0 Å². The minimum atomic E-state index is -0.951. The van der Waals surface area contributed by atoms with E-state index in [2.05, 4.69) is 37.1 Å². The molecule has 29 heavy (non-hydrogen) atoms. The first-order chi connectivity index (χ1) is 13.7. The maximum atomic E-state index is 12.1. The molecule has 0 aliphatic heterocycles. The highest BCUT2D eigenvalue weighted by atomic mass is 79.9. The summed E-state index contributed by atoms with van der Waals surface area (Å²) in [7, 11) is 0. The highest BCUT2D eigenvalue weighted by molar-refractivity contribution is 9.10. The van der Waals surface area contributed by atoms with Gasteiger partial charge in [0.2, 0.25) is 5.91 Å². The molecule has 0 radical (unpaired) electrons. The molecule has 0 aliphatic carbocycles. The molecule has 9 heteroatoms. The summed E-state index contributed by atoms with van der Waals surface area (Å²) in [6.45, 7) is 5.18. The molecule has 2 aromatic carbocycles. The summed E-state index contributed by atoms with van der Waals surface area (Å²) >= 11 is 9.35. The van der Waals surface area contributed by atoms with E-state index in [0.717, 1.165) is 10.0 Å². The van der Waals surface area contributed by atoms with Gasteiger partial charge in [-0.3, -0.25) is 14.4 Å². The van der Waals surface area contributed by atoms with E-state index in [4.69, 9.17) is 11.6 Å². The highest BCUT2D eigenvalue weighted by Gasteiger charge is 2.15. The van der Waals surface area contributed by atoms with Gasteiger partial charge in [0.05, 0.1) is 6.42 Å². The SMILES string of the molecule is CC(CC(=O)Nc1ccc(Br)cc1C)=NNC(=O)C(=O)Nc1cccc(Cl)c1C. The number of hydrazone groups is 1. The predicted molar refractivity (Wildman–Crippen MR) is 118 cm³/mol. The molecule has 3 N–H and O–H groups in total. The number of hydrogen-bond acceptors (Lipinski definition) is 4. The lowest BCUT2D eigenvalue weighted by molar-refractivity contribution is -0.136. The molecule has 3 amide bonds. The molecule has 0 aromatic heterocycles. The number of nitrogens with one attached hydrogen (secondary N) is 3. The molecule has 7 nitrogen and oxygen atoms in total. The summed E-state index contributed by atoms with van der Waals surface area (Å²) in [5, 5.41) is 9.53. The molecule has 0 aliphatic rings. The Hall–Kier alpha value is -2.71. The van der Waals surface area contributed by atoms with Crippen molar-refractivity contribution in [1.29, 1.82) is 0 Å². The number of carbonyl (C=O) groups excluding carboxylic acids is 3. The van der Waals surface area contributed by atoms with Crippen LogP contribution >= 0.6 is 27.5 Å². The quantitative estimate of drug-likeness (QED) is 0.341. The molecular weight excluding hydrogens is 460 g/mol. The van der Waals surface area contributed by atoms with Gasteiger partial charge >= 0.3 is 11.8 Å². The molecule has 0 saturated heterocycles. The molecule has 2 aromatic rings. The predicted octanol–water partition coefficient (Wildman–Crippen LogP) is 4.18. The third kappa shape index (κ3) is 6.69. The fourth-order valence-electron chi connectivity index (χ4n) is 2.35. The molecule has 0 atom stereocenters. The molecule has 0 spiro atoms.